The van der Waals surface area contributed by atoms with Crippen LogP contribution in [0.3, 0.4) is 0 Å². The maximum Gasteiger partial charge on any atom is 0.246 e. The highest BCUT2D eigenvalue weighted by atomic mass is 16.3. The first kappa shape index (κ1) is 13.8. The quantitative estimate of drug-likeness (QED) is 0.843. The molecular weight excluding hydrogens is 238 g/mol. The van der Waals surface area contributed by atoms with Crippen molar-refractivity contribution in [3.63, 3.8) is 0 Å². The highest BCUT2D eigenvalue weighted by Crippen LogP contribution is 2.19. The Hall–Kier alpha value is -1.61. The van der Waals surface area contributed by atoms with Gasteiger partial charge in [-0.05, 0) is 36.8 Å². The fraction of sp³-hybridized carbons (Fsp3) is 0.438. The Kier molecular flexibility index (Phi) is 5.16. The molecule has 0 aliphatic carbocycles. The summed E-state index contributed by atoms with van der Waals surface area (Å²) in [4.78, 5) is 14.0. The Morgan fingerprint density at radius 3 is 2.89 bits per heavy atom. The van der Waals surface area contributed by atoms with Crippen LogP contribution >= 0.6 is 0 Å². The van der Waals surface area contributed by atoms with Gasteiger partial charge in [0.05, 0.1) is 0 Å². The van der Waals surface area contributed by atoms with Crippen molar-refractivity contribution < 1.29 is 9.90 Å². The molecule has 0 aromatic heterocycles. The summed E-state index contributed by atoms with van der Waals surface area (Å²) in [5.41, 5.74) is 1.04. The van der Waals surface area contributed by atoms with Crippen LogP contribution in [-0.2, 0) is 4.79 Å². The second-order valence-corrected chi connectivity index (χ2v) is 5.05. The van der Waals surface area contributed by atoms with E-state index in [1.807, 2.05) is 41.3 Å². The monoisotopic (exact) mass is 259 g/mol. The minimum absolute atomic E-state index is 0.0755. The number of aliphatic hydroxyl groups excluding tert-OH is 1. The number of nitrogens with zero attached hydrogens (tertiary/aromatic N) is 1. The van der Waals surface area contributed by atoms with Crippen LogP contribution in [0.15, 0.2) is 36.4 Å². The van der Waals surface area contributed by atoms with Crippen molar-refractivity contribution >= 4 is 12.0 Å². The Labute approximate surface area is 114 Å². The fourth-order valence-corrected chi connectivity index (χ4v) is 2.52. The number of hydrogen-bond acceptors (Lipinski definition) is 2. The number of amides is 1. The lowest BCUT2D eigenvalue weighted by Gasteiger charge is -2.31. The number of carbonyl (C=O) groups excluding carboxylic acids is 1. The first-order valence-corrected chi connectivity index (χ1v) is 6.92. The molecule has 1 fully saturated rings. The van der Waals surface area contributed by atoms with E-state index in [4.69, 9.17) is 5.11 Å². The van der Waals surface area contributed by atoms with Crippen molar-refractivity contribution in [2.75, 3.05) is 19.7 Å². The van der Waals surface area contributed by atoms with Crippen molar-refractivity contribution in [3.8, 4) is 0 Å². The Morgan fingerprint density at radius 1 is 1.37 bits per heavy atom. The molecule has 0 radical (unpaired) electrons. The van der Waals surface area contributed by atoms with E-state index in [9.17, 15) is 4.79 Å². The summed E-state index contributed by atoms with van der Waals surface area (Å²) in [6, 6.07) is 9.84. The topological polar surface area (TPSA) is 40.5 Å². The number of likely N-dealkylation sites (tertiary alicyclic amines) is 1. The smallest absolute Gasteiger partial charge is 0.246 e. The highest BCUT2D eigenvalue weighted by Gasteiger charge is 2.21. The molecular formula is C16H21NO2. The zero-order valence-corrected chi connectivity index (χ0v) is 11.2. The molecule has 19 heavy (non-hydrogen) atoms. The molecule has 1 N–H and O–H groups in total. The molecule has 2 rings (SSSR count). The molecule has 1 aliphatic heterocycles. The molecule has 1 saturated heterocycles. The fourth-order valence-electron chi connectivity index (χ4n) is 2.52. The highest BCUT2D eigenvalue weighted by molar-refractivity contribution is 5.91. The van der Waals surface area contributed by atoms with E-state index in [-0.39, 0.29) is 12.5 Å². The van der Waals surface area contributed by atoms with Crippen LogP contribution in [0, 0.1) is 5.92 Å². The van der Waals surface area contributed by atoms with Gasteiger partial charge in [-0.3, -0.25) is 4.79 Å². The van der Waals surface area contributed by atoms with Gasteiger partial charge in [0, 0.05) is 25.8 Å². The van der Waals surface area contributed by atoms with Crippen molar-refractivity contribution in [2.24, 2.45) is 5.92 Å². The predicted octanol–water partition coefficient (Wildman–Crippen LogP) is 2.32. The van der Waals surface area contributed by atoms with Gasteiger partial charge in [-0.2, -0.15) is 0 Å². The van der Waals surface area contributed by atoms with Crippen LogP contribution in [-0.4, -0.2) is 35.6 Å². The largest absolute Gasteiger partial charge is 0.396 e. The average molecular weight is 259 g/mol. The average Bonchev–Trinajstić information content (AvgIpc) is 2.46. The second kappa shape index (κ2) is 7.10. The summed E-state index contributed by atoms with van der Waals surface area (Å²) in [5, 5.41) is 8.98. The van der Waals surface area contributed by atoms with E-state index in [0.29, 0.717) is 5.92 Å². The van der Waals surface area contributed by atoms with E-state index in [0.717, 1.165) is 37.9 Å². The molecule has 0 unspecified atom stereocenters. The summed E-state index contributed by atoms with van der Waals surface area (Å²) in [7, 11) is 0. The SMILES string of the molecule is O=C(/C=C\c1ccccc1)N1CCC[C@@H](CCO)C1. The zero-order chi connectivity index (χ0) is 13.5. The van der Waals surface area contributed by atoms with E-state index in [2.05, 4.69) is 0 Å². The minimum atomic E-state index is 0.0755. The van der Waals surface area contributed by atoms with Gasteiger partial charge in [-0.15, -0.1) is 0 Å². The second-order valence-electron chi connectivity index (χ2n) is 5.05. The zero-order valence-electron chi connectivity index (χ0n) is 11.2. The molecule has 3 heteroatoms. The van der Waals surface area contributed by atoms with Gasteiger partial charge in [-0.25, -0.2) is 0 Å². The van der Waals surface area contributed by atoms with Crippen molar-refractivity contribution in [3.05, 3.63) is 42.0 Å². The van der Waals surface area contributed by atoms with E-state index >= 15 is 0 Å². The molecule has 1 aromatic rings. The lowest BCUT2D eigenvalue weighted by molar-refractivity contribution is -0.127. The molecule has 0 spiro atoms. The molecule has 1 heterocycles. The van der Waals surface area contributed by atoms with Crippen molar-refractivity contribution in [1.82, 2.24) is 4.90 Å². The Bertz CT molecular complexity index is 426. The third-order valence-corrected chi connectivity index (χ3v) is 3.59. The molecule has 0 bridgehead atoms. The van der Waals surface area contributed by atoms with E-state index in [1.54, 1.807) is 6.08 Å². The molecule has 1 aliphatic rings. The van der Waals surface area contributed by atoms with Crippen molar-refractivity contribution in [1.29, 1.82) is 0 Å². The van der Waals surface area contributed by atoms with Gasteiger partial charge >= 0.3 is 0 Å². The molecule has 0 saturated carbocycles. The van der Waals surface area contributed by atoms with Gasteiger partial charge in [0.25, 0.3) is 0 Å². The van der Waals surface area contributed by atoms with Crippen LogP contribution in [0.4, 0.5) is 0 Å². The van der Waals surface area contributed by atoms with Gasteiger partial charge in [0.1, 0.15) is 0 Å². The number of carbonyl (C=O) groups is 1. The lowest BCUT2D eigenvalue weighted by Crippen LogP contribution is -2.39. The lowest BCUT2D eigenvalue weighted by atomic mass is 9.95. The van der Waals surface area contributed by atoms with Crippen LogP contribution in [0.1, 0.15) is 24.8 Å². The predicted molar refractivity (Wildman–Crippen MR) is 76.5 cm³/mol. The van der Waals surface area contributed by atoms with Crippen LogP contribution in [0.2, 0.25) is 0 Å². The number of rotatable bonds is 4. The summed E-state index contributed by atoms with van der Waals surface area (Å²) >= 11 is 0. The van der Waals surface area contributed by atoms with Gasteiger partial charge < -0.3 is 10.0 Å². The van der Waals surface area contributed by atoms with E-state index in [1.165, 1.54) is 0 Å². The first-order chi connectivity index (χ1) is 9.29. The molecule has 1 aromatic carbocycles. The number of aliphatic hydroxyl groups is 1. The number of piperidine rings is 1. The van der Waals surface area contributed by atoms with Crippen LogP contribution in [0.25, 0.3) is 6.08 Å². The standard InChI is InChI=1S/C16H21NO2/c18-12-10-15-7-4-11-17(13-15)16(19)9-8-14-5-2-1-3-6-14/h1-3,5-6,8-9,15,18H,4,7,10-13H2/b9-8-/t15-/m0/s1. The Morgan fingerprint density at radius 2 is 2.16 bits per heavy atom. The molecule has 102 valence electrons. The maximum atomic E-state index is 12.1. The Balaban J connectivity index is 1.90. The molecule has 3 nitrogen and oxygen atoms in total. The molecule has 1 amide bonds. The van der Waals surface area contributed by atoms with Gasteiger partial charge in [0.15, 0.2) is 0 Å². The third-order valence-electron chi connectivity index (χ3n) is 3.59. The maximum absolute atomic E-state index is 12.1. The van der Waals surface area contributed by atoms with Crippen molar-refractivity contribution in [2.45, 2.75) is 19.3 Å². The third kappa shape index (κ3) is 4.21. The molecule has 1 atom stereocenters. The number of hydrogen-bond donors (Lipinski definition) is 1. The van der Waals surface area contributed by atoms with Gasteiger partial charge in [0.2, 0.25) is 5.91 Å². The van der Waals surface area contributed by atoms with E-state index < -0.39 is 0 Å². The summed E-state index contributed by atoms with van der Waals surface area (Å²) < 4.78 is 0. The summed E-state index contributed by atoms with van der Waals surface area (Å²) in [6.07, 6.45) is 6.46. The number of benzene rings is 1. The minimum Gasteiger partial charge on any atom is -0.396 e. The summed E-state index contributed by atoms with van der Waals surface area (Å²) in [5.74, 6) is 0.527. The van der Waals surface area contributed by atoms with Crippen LogP contribution in [0.5, 0.6) is 0 Å². The first-order valence-electron chi connectivity index (χ1n) is 6.92. The normalized spacial score (nSPS) is 19.8. The summed E-state index contributed by atoms with van der Waals surface area (Å²) in [6.45, 7) is 1.82. The van der Waals surface area contributed by atoms with Gasteiger partial charge in [-0.1, -0.05) is 30.3 Å². The van der Waals surface area contributed by atoms with Crippen LogP contribution < -0.4 is 0 Å².